The number of aromatic nitrogens is 2. The number of hydrogen-bond donors (Lipinski definition) is 3. The van der Waals surface area contributed by atoms with Gasteiger partial charge in [-0.2, -0.15) is 5.10 Å². The number of carbonyl (C=O) groups is 1. The summed E-state index contributed by atoms with van der Waals surface area (Å²) >= 11 is 0. The minimum Gasteiger partial charge on any atom is -0.497 e. The Bertz CT molecular complexity index is 853. The normalized spacial score (nSPS) is 13.2. The van der Waals surface area contributed by atoms with E-state index in [9.17, 15) is 9.90 Å². The molecule has 3 aromatic rings. The van der Waals surface area contributed by atoms with E-state index >= 15 is 0 Å². The van der Waals surface area contributed by atoms with Crippen LogP contribution in [0.1, 0.15) is 23.2 Å². The number of aliphatic hydroxyl groups is 1. The third-order valence-corrected chi connectivity index (χ3v) is 3.83. The van der Waals surface area contributed by atoms with Crippen molar-refractivity contribution in [2.24, 2.45) is 0 Å². The van der Waals surface area contributed by atoms with Crippen molar-refractivity contribution < 1.29 is 19.1 Å². The number of benzene rings is 1. The zero-order valence-corrected chi connectivity index (χ0v) is 13.9. The Labute approximate surface area is 144 Å². The van der Waals surface area contributed by atoms with Crippen molar-refractivity contribution in [2.75, 3.05) is 13.7 Å². The number of carbonyl (C=O) groups excluding carboxylic acids is 1. The van der Waals surface area contributed by atoms with Crippen LogP contribution in [0.3, 0.4) is 0 Å². The maximum absolute atomic E-state index is 12.3. The zero-order valence-electron chi connectivity index (χ0n) is 13.9. The van der Waals surface area contributed by atoms with Crippen molar-refractivity contribution in [3.8, 4) is 17.0 Å². The van der Waals surface area contributed by atoms with Gasteiger partial charge in [0.25, 0.3) is 5.91 Å². The van der Waals surface area contributed by atoms with Crippen LogP contribution in [0.25, 0.3) is 11.3 Å². The molecule has 7 nitrogen and oxygen atoms in total. The molecule has 0 aliphatic carbocycles. The van der Waals surface area contributed by atoms with E-state index in [1.54, 1.807) is 32.2 Å². The van der Waals surface area contributed by atoms with Gasteiger partial charge in [-0.15, -0.1) is 0 Å². The fraction of sp³-hybridized carbons (Fsp3) is 0.222. The zero-order chi connectivity index (χ0) is 17.9. The van der Waals surface area contributed by atoms with Crippen LogP contribution in [0.5, 0.6) is 5.75 Å². The van der Waals surface area contributed by atoms with Crippen LogP contribution in [0.2, 0.25) is 0 Å². The molecule has 0 aliphatic rings. The highest BCUT2D eigenvalue weighted by atomic mass is 16.5. The van der Waals surface area contributed by atoms with Crippen molar-refractivity contribution in [3.05, 3.63) is 60.2 Å². The van der Waals surface area contributed by atoms with Crippen molar-refractivity contribution in [3.63, 3.8) is 0 Å². The molecule has 1 unspecified atom stereocenters. The number of ether oxygens (including phenoxy) is 1. The number of rotatable bonds is 6. The molecule has 130 valence electrons. The topological polar surface area (TPSA) is 100 Å². The number of methoxy groups -OCH3 is 1. The van der Waals surface area contributed by atoms with E-state index in [1.165, 1.54) is 6.26 Å². The Hall–Kier alpha value is -3.06. The number of furan rings is 1. The first-order valence-electron chi connectivity index (χ1n) is 7.74. The lowest BCUT2D eigenvalue weighted by Crippen LogP contribution is -2.38. The van der Waals surface area contributed by atoms with Crippen LogP contribution >= 0.6 is 0 Å². The number of nitrogens with zero attached hydrogens (tertiary/aromatic N) is 1. The summed E-state index contributed by atoms with van der Waals surface area (Å²) in [5, 5.41) is 19.9. The van der Waals surface area contributed by atoms with Crippen molar-refractivity contribution >= 4 is 5.91 Å². The number of hydrogen-bond acceptors (Lipinski definition) is 5. The third-order valence-electron chi connectivity index (χ3n) is 3.83. The summed E-state index contributed by atoms with van der Waals surface area (Å²) in [5.41, 5.74) is 0.460. The van der Waals surface area contributed by atoms with E-state index in [-0.39, 0.29) is 12.5 Å². The van der Waals surface area contributed by atoms with Crippen LogP contribution < -0.4 is 10.1 Å². The van der Waals surface area contributed by atoms with Gasteiger partial charge in [0.05, 0.1) is 25.6 Å². The van der Waals surface area contributed by atoms with Gasteiger partial charge in [-0.25, -0.2) is 0 Å². The largest absolute Gasteiger partial charge is 0.497 e. The maximum atomic E-state index is 12.3. The monoisotopic (exact) mass is 341 g/mol. The highest BCUT2D eigenvalue weighted by molar-refractivity contribution is 5.93. The van der Waals surface area contributed by atoms with Gasteiger partial charge < -0.3 is 19.6 Å². The fourth-order valence-corrected chi connectivity index (χ4v) is 2.39. The van der Waals surface area contributed by atoms with E-state index in [4.69, 9.17) is 9.15 Å². The van der Waals surface area contributed by atoms with E-state index in [2.05, 4.69) is 15.5 Å². The van der Waals surface area contributed by atoms with Gasteiger partial charge in [0, 0.05) is 5.56 Å². The molecule has 1 amide bonds. The molecule has 0 saturated heterocycles. The summed E-state index contributed by atoms with van der Waals surface area (Å²) in [5.74, 6) is 0.726. The van der Waals surface area contributed by atoms with Gasteiger partial charge in [-0.1, -0.05) is 12.1 Å². The molecule has 3 N–H and O–H groups in total. The van der Waals surface area contributed by atoms with Crippen LogP contribution in [0.4, 0.5) is 0 Å². The Morgan fingerprint density at radius 3 is 2.92 bits per heavy atom. The molecular formula is C18H19N3O4. The average Bonchev–Trinajstić information content (AvgIpc) is 3.31. The Kier molecular flexibility index (Phi) is 4.58. The smallest absolute Gasteiger partial charge is 0.269 e. The lowest BCUT2D eigenvalue weighted by Gasteiger charge is -2.20. The first kappa shape index (κ1) is 16.8. The van der Waals surface area contributed by atoms with Crippen LogP contribution in [-0.4, -0.2) is 34.9 Å². The molecule has 1 aromatic carbocycles. The molecule has 1 atom stereocenters. The standard InChI is InChI=1S/C18H19N3O4/c1-18(23,16-7-4-8-25-16)11-19-17(22)15-10-14(20-21-15)12-5-3-6-13(9-12)24-2/h3-10,23H,11H2,1-2H3,(H,19,22)(H,20,21). The molecule has 0 bridgehead atoms. The van der Waals surface area contributed by atoms with Gasteiger partial charge >= 0.3 is 0 Å². The van der Waals surface area contributed by atoms with Gasteiger partial charge in [0.2, 0.25) is 0 Å². The number of H-pyrrole nitrogens is 1. The van der Waals surface area contributed by atoms with E-state index < -0.39 is 5.60 Å². The van der Waals surface area contributed by atoms with Crippen molar-refractivity contribution in [1.29, 1.82) is 0 Å². The molecule has 0 fully saturated rings. The molecular weight excluding hydrogens is 322 g/mol. The fourth-order valence-electron chi connectivity index (χ4n) is 2.39. The molecule has 25 heavy (non-hydrogen) atoms. The van der Waals surface area contributed by atoms with Gasteiger partial charge in [-0.3, -0.25) is 9.89 Å². The van der Waals surface area contributed by atoms with Gasteiger partial charge in [0.15, 0.2) is 0 Å². The predicted octanol–water partition coefficient (Wildman–Crippen LogP) is 2.32. The van der Waals surface area contributed by atoms with Gasteiger partial charge in [-0.05, 0) is 37.3 Å². The number of aromatic amines is 1. The van der Waals surface area contributed by atoms with Crippen LogP contribution in [0.15, 0.2) is 53.1 Å². The van der Waals surface area contributed by atoms with E-state index in [1.807, 2.05) is 24.3 Å². The summed E-state index contributed by atoms with van der Waals surface area (Å²) in [6.45, 7) is 1.58. The summed E-state index contributed by atoms with van der Waals surface area (Å²) in [4.78, 5) is 12.3. The first-order valence-corrected chi connectivity index (χ1v) is 7.74. The Balaban J connectivity index is 1.68. The Morgan fingerprint density at radius 2 is 2.20 bits per heavy atom. The van der Waals surface area contributed by atoms with Crippen molar-refractivity contribution in [2.45, 2.75) is 12.5 Å². The summed E-state index contributed by atoms with van der Waals surface area (Å²) in [7, 11) is 1.59. The molecule has 0 spiro atoms. The second-order valence-corrected chi connectivity index (χ2v) is 5.83. The molecule has 0 saturated carbocycles. The minimum absolute atomic E-state index is 0.00681. The highest BCUT2D eigenvalue weighted by Gasteiger charge is 2.27. The average molecular weight is 341 g/mol. The molecule has 3 rings (SSSR count). The quantitative estimate of drug-likeness (QED) is 0.639. The Morgan fingerprint density at radius 1 is 1.36 bits per heavy atom. The first-order chi connectivity index (χ1) is 12.0. The molecule has 7 heteroatoms. The highest BCUT2D eigenvalue weighted by Crippen LogP contribution is 2.23. The maximum Gasteiger partial charge on any atom is 0.269 e. The van der Waals surface area contributed by atoms with E-state index in [0.717, 1.165) is 5.56 Å². The van der Waals surface area contributed by atoms with Crippen LogP contribution in [-0.2, 0) is 5.60 Å². The lowest BCUT2D eigenvalue weighted by atomic mass is 10.0. The summed E-state index contributed by atoms with van der Waals surface area (Å²) in [6, 6.07) is 12.4. The molecule has 0 radical (unpaired) electrons. The second-order valence-electron chi connectivity index (χ2n) is 5.83. The molecule has 2 aromatic heterocycles. The predicted molar refractivity (Wildman–Crippen MR) is 91.2 cm³/mol. The van der Waals surface area contributed by atoms with Crippen molar-refractivity contribution in [1.82, 2.24) is 15.5 Å². The SMILES string of the molecule is COc1cccc(-c2cc(C(=O)NCC(C)(O)c3ccco3)[nH]n2)c1. The number of amides is 1. The summed E-state index contributed by atoms with van der Waals surface area (Å²) < 4.78 is 10.4. The minimum atomic E-state index is -1.30. The van der Waals surface area contributed by atoms with Gasteiger partial charge in [0.1, 0.15) is 22.8 Å². The molecule has 2 heterocycles. The van der Waals surface area contributed by atoms with Crippen LogP contribution in [0, 0.1) is 0 Å². The summed E-state index contributed by atoms with van der Waals surface area (Å²) in [6.07, 6.45) is 1.47. The number of nitrogens with one attached hydrogen (secondary N) is 2. The third kappa shape index (κ3) is 3.72. The second kappa shape index (κ2) is 6.82. The lowest BCUT2D eigenvalue weighted by molar-refractivity contribution is 0.0329. The molecule has 0 aliphatic heterocycles. The van der Waals surface area contributed by atoms with E-state index in [0.29, 0.717) is 22.9 Å².